The number of hydrogen-bond donors (Lipinski definition) is 0. The van der Waals surface area contributed by atoms with Crippen molar-refractivity contribution in [2.45, 2.75) is 96.4 Å². The van der Waals surface area contributed by atoms with Crippen molar-refractivity contribution in [1.29, 1.82) is 0 Å². The molecule has 4 atom stereocenters. The van der Waals surface area contributed by atoms with Crippen LogP contribution in [-0.4, -0.2) is 31.3 Å². The summed E-state index contributed by atoms with van der Waals surface area (Å²) in [5, 5.41) is 0. The van der Waals surface area contributed by atoms with Crippen LogP contribution in [0.3, 0.4) is 0 Å². The van der Waals surface area contributed by atoms with Crippen LogP contribution in [-0.2, 0) is 38.1 Å². The summed E-state index contributed by atoms with van der Waals surface area (Å²) in [6.45, 7) is 10.4. The predicted octanol–water partition coefficient (Wildman–Crippen LogP) is 9.31. The van der Waals surface area contributed by atoms with E-state index in [0.29, 0.717) is 11.1 Å². The predicted molar refractivity (Wildman–Crippen MR) is 187 cm³/mol. The van der Waals surface area contributed by atoms with E-state index in [2.05, 4.69) is 45.9 Å². The number of aryl methyl sites for hydroxylation is 3. The number of fused-ring (bicyclic) bond motifs is 1. The van der Waals surface area contributed by atoms with Gasteiger partial charge in [-0.05, 0) is 104 Å². The van der Waals surface area contributed by atoms with E-state index < -0.39 is 35.2 Å². The van der Waals surface area contributed by atoms with E-state index in [1.807, 2.05) is 85.8 Å². The van der Waals surface area contributed by atoms with Crippen molar-refractivity contribution in [3.8, 4) is 0 Å². The van der Waals surface area contributed by atoms with Gasteiger partial charge in [-0.3, -0.25) is 0 Å². The molecule has 1 aliphatic rings. The Labute approximate surface area is 280 Å². The second-order valence-electron chi connectivity index (χ2n) is 13.1. The number of benzene rings is 4. The zero-order valence-electron chi connectivity index (χ0n) is 28.7. The van der Waals surface area contributed by atoms with Gasteiger partial charge in [0, 0.05) is 7.11 Å². The molecule has 5 nitrogen and oxygen atoms in total. The quantitative estimate of drug-likeness (QED) is 0.146. The lowest BCUT2D eigenvalue weighted by Crippen LogP contribution is -2.62. The van der Waals surface area contributed by atoms with Gasteiger partial charge in [0.1, 0.15) is 5.60 Å². The highest BCUT2D eigenvalue weighted by molar-refractivity contribution is 5.91. The summed E-state index contributed by atoms with van der Waals surface area (Å²) in [4.78, 5) is 28.1. The van der Waals surface area contributed by atoms with Crippen molar-refractivity contribution < 1.29 is 23.8 Å². The number of carbonyl (C=O) groups is 2. The maximum Gasteiger partial charge on any atom is 0.338 e. The van der Waals surface area contributed by atoms with Gasteiger partial charge in [-0.15, -0.1) is 0 Å². The second-order valence-corrected chi connectivity index (χ2v) is 13.1. The van der Waals surface area contributed by atoms with Crippen LogP contribution in [0.25, 0.3) is 0 Å². The van der Waals surface area contributed by atoms with E-state index in [4.69, 9.17) is 14.2 Å². The van der Waals surface area contributed by atoms with Crippen LogP contribution < -0.4 is 0 Å². The molecule has 4 aromatic carbocycles. The van der Waals surface area contributed by atoms with Crippen LogP contribution in [0, 0.1) is 6.92 Å². The highest BCUT2D eigenvalue weighted by Crippen LogP contribution is 2.53. The SMILES string of the molecule is CCCCc1ccc(C(=O)OC2C(OC(=O)c3ccc(CCCC)cc3)[C@](C)(OC)c3ccccc3[C@@]2(C)c2ccccc2C)cc1. The van der Waals surface area contributed by atoms with Gasteiger partial charge in [0.2, 0.25) is 0 Å². The zero-order valence-corrected chi connectivity index (χ0v) is 28.7. The van der Waals surface area contributed by atoms with Crippen LogP contribution in [0.2, 0.25) is 0 Å². The molecule has 0 heterocycles. The molecule has 0 bridgehead atoms. The average Bonchev–Trinajstić information content (AvgIpc) is 3.10. The van der Waals surface area contributed by atoms with Gasteiger partial charge >= 0.3 is 11.9 Å². The van der Waals surface area contributed by atoms with E-state index in [1.54, 1.807) is 7.11 Å². The molecule has 2 unspecified atom stereocenters. The molecule has 0 amide bonds. The Balaban J connectivity index is 1.62. The molecule has 5 heteroatoms. The van der Waals surface area contributed by atoms with Gasteiger partial charge in [-0.2, -0.15) is 0 Å². The summed E-state index contributed by atoms with van der Waals surface area (Å²) >= 11 is 0. The standard InChI is InChI=1S/C42H48O5/c1-7-9-16-30-21-25-32(26-22-30)39(43)46-37-38(47-40(44)33-27-23-31(24-28-33)17-10-8-2)42(5,45-6)36-20-14-13-19-35(36)41(37,4)34-18-12-11-15-29(34)3/h11-15,18-28,37-38H,7-10,16-17H2,1-6H3/t37?,38?,41-,42-/m1/s1. The minimum atomic E-state index is -1.12. The summed E-state index contributed by atoms with van der Waals surface area (Å²) in [5.74, 6) is -0.968. The van der Waals surface area contributed by atoms with Crippen LogP contribution in [0.1, 0.15) is 107 Å². The first-order valence-corrected chi connectivity index (χ1v) is 17.0. The number of carbonyl (C=O) groups excluding carboxylic acids is 2. The number of unbranched alkanes of at least 4 members (excludes halogenated alkanes) is 2. The number of rotatable bonds is 12. The lowest BCUT2D eigenvalue weighted by Gasteiger charge is -2.53. The van der Waals surface area contributed by atoms with Crippen molar-refractivity contribution in [2.24, 2.45) is 0 Å². The molecule has 0 radical (unpaired) electrons. The van der Waals surface area contributed by atoms with E-state index in [1.165, 1.54) is 11.1 Å². The Kier molecular flexibility index (Phi) is 10.7. The topological polar surface area (TPSA) is 61.8 Å². The van der Waals surface area contributed by atoms with Crippen LogP contribution >= 0.6 is 0 Å². The largest absolute Gasteiger partial charge is 0.453 e. The fourth-order valence-electron chi connectivity index (χ4n) is 7.04. The van der Waals surface area contributed by atoms with Gasteiger partial charge in [0.25, 0.3) is 0 Å². The first-order chi connectivity index (χ1) is 22.7. The molecule has 0 N–H and O–H groups in total. The Morgan fingerprint density at radius 2 is 1.06 bits per heavy atom. The van der Waals surface area contributed by atoms with Crippen molar-refractivity contribution in [1.82, 2.24) is 0 Å². The smallest absolute Gasteiger partial charge is 0.338 e. The van der Waals surface area contributed by atoms with Gasteiger partial charge in [-0.25, -0.2) is 9.59 Å². The normalized spacial score (nSPS) is 21.9. The third kappa shape index (κ3) is 6.78. The first kappa shape index (κ1) is 34.1. The maximum atomic E-state index is 14.1. The Hall–Kier alpha value is -4.22. The van der Waals surface area contributed by atoms with Gasteiger partial charge in [0.15, 0.2) is 12.2 Å². The lowest BCUT2D eigenvalue weighted by atomic mass is 9.59. The monoisotopic (exact) mass is 632 g/mol. The Bertz CT molecular complexity index is 1670. The minimum Gasteiger partial charge on any atom is -0.453 e. The number of esters is 2. The van der Waals surface area contributed by atoms with E-state index >= 15 is 0 Å². The maximum absolute atomic E-state index is 14.1. The molecule has 47 heavy (non-hydrogen) atoms. The molecule has 0 aliphatic heterocycles. The van der Waals surface area contributed by atoms with Crippen molar-refractivity contribution >= 4 is 11.9 Å². The van der Waals surface area contributed by atoms with Crippen molar-refractivity contribution in [2.75, 3.05) is 7.11 Å². The molecule has 0 fully saturated rings. The number of methoxy groups -OCH3 is 1. The van der Waals surface area contributed by atoms with Crippen molar-refractivity contribution in [3.05, 3.63) is 142 Å². The second kappa shape index (κ2) is 14.7. The minimum absolute atomic E-state index is 0.438. The summed E-state index contributed by atoms with van der Waals surface area (Å²) < 4.78 is 19.4. The fourth-order valence-corrected chi connectivity index (χ4v) is 7.04. The average molecular weight is 633 g/mol. The number of ether oxygens (including phenoxy) is 3. The summed E-state index contributed by atoms with van der Waals surface area (Å²) in [6.07, 6.45) is 4.39. The molecule has 1 aliphatic carbocycles. The molecule has 0 saturated carbocycles. The van der Waals surface area contributed by atoms with E-state index in [-0.39, 0.29) is 0 Å². The van der Waals surface area contributed by atoms with E-state index in [0.717, 1.165) is 60.8 Å². The molecular weight excluding hydrogens is 584 g/mol. The van der Waals surface area contributed by atoms with E-state index in [9.17, 15) is 9.59 Å². The molecule has 5 rings (SSSR count). The van der Waals surface area contributed by atoms with Crippen molar-refractivity contribution in [3.63, 3.8) is 0 Å². The number of hydrogen-bond acceptors (Lipinski definition) is 5. The van der Waals surface area contributed by atoms with Crippen LogP contribution in [0.5, 0.6) is 0 Å². The molecule has 246 valence electrons. The highest BCUT2D eigenvalue weighted by Gasteiger charge is 2.60. The molecule has 0 saturated heterocycles. The summed E-state index contributed by atoms with van der Waals surface area (Å²) in [7, 11) is 1.62. The van der Waals surface area contributed by atoms with Crippen LogP contribution in [0.15, 0.2) is 97.1 Å². The molecule has 0 spiro atoms. The first-order valence-electron chi connectivity index (χ1n) is 17.0. The summed E-state index contributed by atoms with van der Waals surface area (Å²) in [5.41, 5.74) is 5.11. The van der Waals surface area contributed by atoms with Gasteiger partial charge < -0.3 is 14.2 Å². The highest BCUT2D eigenvalue weighted by atomic mass is 16.6. The van der Waals surface area contributed by atoms with Gasteiger partial charge in [-0.1, -0.05) is 99.5 Å². The Morgan fingerprint density at radius 3 is 1.53 bits per heavy atom. The zero-order chi connectivity index (χ0) is 33.6. The van der Waals surface area contributed by atoms with Gasteiger partial charge in [0.05, 0.1) is 16.5 Å². The lowest BCUT2D eigenvalue weighted by molar-refractivity contribution is -0.167. The Morgan fingerprint density at radius 1 is 0.617 bits per heavy atom. The van der Waals surface area contributed by atoms with Crippen LogP contribution in [0.4, 0.5) is 0 Å². The molecular formula is C42H48O5. The third-order valence-electron chi connectivity index (χ3n) is 10.0. The summed E-state index contributed by atoms with van der Waals surface area (Å²) in [6, 6.07) is 31.4. The molecule has 4 aromatic rings. The fraction of sp³-hybridized carbons (Fsp3) is 0.381. The molecule has 0 aromatic heterocycles. The third-order valence-corrected chi connectivity index (χ3v) is 10.0.